The smallest absolute Gasteiger partial charge is 0.287 e. The topological polar surface area (TPSA) is 116 Å². The normalized spacial score (nSPS) is 10.1. The molecule has 0 radical (unpaired) electrons. The standard InChI is InChI=1S/C12H7N3O5S/c16-7-8-5-9(14(17)18)1-3-11(8)21-12-4-2-10(6-13-12)15(19)20/h1-7H. The van der Waals surface area contributed by atoms with Gasteiger partial charge in [0, 0.05) is 28.7 Å². The second kappa shape index (κ2) is 6.09. The number of benzene rings is 1. The van der Waals surface area contributed by atoms with Crippen LogP contribution < -0.4 is 0 Å². The predicted molar refractivity (Wildman–Crippen MR) is 73.5 cm³/mol. The second-order valence-corrected chi connectivity index (χ2v) is 4.87. The maximum absolute atomic E-state index is 11.0. The van der Waals surface area contributed by atoms with Crippen LogP contribution in [-0.4, -0.2) is 21.1 Å². The number of rotatable bonds is 5. The minimum absolute atomic E-state index is 0.140. The summed E-state index contributed by atoms with van der Waals surface area (Å²) in [5, 5.41) is 21.6. The maximum Gasteiger partial charge on any atom is 0.287 e. The van der Waals surface area contributed by atoms with Gasteiger partial charge in [-0.3, -0.25) is 25.0 Å². The van der Waals surface area contributed by atoms with E-state index in [1.165, 1.54) is 30.3 Å². The lowest BCUT2D eigenvalue weighted by molar-refractivity contribution is -0.385. The first-order chi connectivity index (χ1) is 10.0. The summed E-state index contributed by atoms with van der Waals surface area (Å²) in [6, 6.07) is 6.62. The summed E-state index contributed by atoms with van der Waals surface area (Å²) in [4.78, 5) is 35.4. The number of pyridine rings is 1. The zero-order valence-electron chi connectivity index (χ0n) is 10.3. The number of carbonyl (C=O) groups excluding carboxylic acids is 1. The lowest BCUT2D eigenvalue weighted by Gasteiger charge is -2.03. The molecule has 0 N–H and O–H groups in total. The van der Waals surface area contributed by atoms with Crippen LogP contribution in [0.3, 0.4) is 0 Å². The molecule has 0 aliphatic rings. The number of carbonyl (C=O) groups is 1. The summed E-state index contributed by atoms with van der Waals surface area (Å²) in [6.07, 6.45) is 1.62. The van der Waals surface area contributed by atoms with Gasteiger partial charge in [-0.2, -0.15) is 0 Å². The molecular formula is C12H7N3O5S. The van der Waals surface area contributed by atoms with Gasteiger partial charge in [0.05, 0.1) is 9.85 Å². The summed E-state index contributed by atoms with van der Waals surface area (Å²) in [6.45, 7) is 0. The largest absolute Gasteiger partial charge is 0.298 e. The van der Waals surface area contributed by atoms with Crippen LogP contribution in [-0.2, 0) is 0 Å². The van der Waals surface area contributed by atoms with Crippen LogP contribution in [0.2, 0.25) is 0 Å². The SMILES string of the molecule is O=Cc1cc([N+](=O)[O-])ccc1Sc1ccc([N+](=O)[O-])cn1. The Balaban J connectivity index is 2.28. The van der Waals surface area contributed by atoms with Crippen molar-refractivity contribution >= 4 is 29.4 Å². The van der Waals surface area contributed by atoms with Gasteiger partial charge in [0.15, 0.2) is 6.29 Å². The first kappa shape index (κ1) is 14.6. The minimum Gasteiger partial charge on any atom is -0.298 e. The van der Waals surface area contributed by atoms with E-state index in [-0.39, 0.29) is 16.9 Å². The van der Waals surface area contributed by atoms with Gasteiger partial charge in [-0.25, -0.2) is 4.98 Å². The quantitative estimate of drug-likeness (QED) is 0.473. The average molecular weight is 305 g/mol. The Morgan fingerprint density at radius 1 is 1.05 bits per heavy atom. The molecule has 1 heterocycles. The second-order valence-electron chi connectivity index (χ2n) is 3.81. The molecule has 0 spiro atoms. The molecule has 0 saturated heterocycles. The maximum atomic E-state index is 11.0. The minimum atomic E-state index is -0.592. The molecule has 0 unspecified atom stereocenters. The fourth-order valence-corrected chi connectivity index (χ4v) is 2.32. The van der Waals surface area contributed by atoms with E-state index in [1.807, 2.05) is 0 Å². The van der Waals surface area contributed by atoms with Crippen molar-refractivity contribution in [2.24, 2.45) is 0 Å². The Morgan fingerprint density at radius 3 is 2.24 bits per heavy atom. The molecule has 9 heteroatoms. The number of aromatic nitrogens is 1. The first-order valence-corrected chi connectivity index (χ1v) is 6.35. The van der Waals surface area contributed by atoms with Gasteiger partial charge in [-0.05, 0) is 12.1 Å². The Kier molecular flexibility index (Phi) is 4.24. The van der Waals surface area contributed by atoms with Gasteiger partial charge in [-0.15, -0.1) is 0 Å². The predicted octanol–water partition coefficient (Wildman–Crippen LogP) is 2.86. The fraction of sp³-hybridized carbons (Fsp3) is 0. The molecule has 0 aliphatic carbocycles. The number of aldehydes is 1. The van der Waals surface area contributed by atoms with E-state index in [2.05, 4.69) is 4.98 Å². The zero-order chi connectivity index (χ0) is 15.4. The number of hydrogen-bond donors (Lipinski definition) is 0. The molecule has 1 aromatic heterocycles. The lowest BCUT2D eigenvalue weighted by atomic mass is 10.2. The van der Waals surface area contributed by atoms with Gasteiger partial charge in [-0.1, -0.05) is 11.8 Å². The van der Waals surface area contributed by atoms with E-state index in [9.17, 15) is 25.0 Å². The van der Waals surface area contributed by atoms with Crippen LogP contribution in [0, 0.1) is 20.2 Å². The molecule has 1 aromatic carbocycles. The fourth-order valence-electron chi connectivity index (χ4n) is 1.49. The molecule has 2 aromatic rings. The van der Waals surface area contributed by atoms with Crippen molar-refractivity contribution < 1.29 is 14.6 Å². The highest BCUT2D eigenvalue weighted by Gasteiger charge is 2.12. The highest BCUT2D eigenvalue weighted by Crippen LogP contribution is 2.31. The van der Waals surface area contributed by atoms with Crippen LogP contribution in [0.15, 0.2) is 46.5 Å². The van der Waals surface area contributed by atoms with E-state index in [1.54, 1.807) is 0 Å². The zero-order valence-corrected chi connectivity index (χ0v) is 11.1. The van der Waals surface area contributed by atoms with Gasteiger partial charge in [0.1, 0.15) is 11.2 Å². The van der Waals surface area contributed by atoms with Gasteiger partial charge in [0.25, 0.3) is 11.4 Å². The van der Waals surface area contributed by atoms with Crippen molar-refractivity contribution in [2.45, 2.75) is 9.92 Å². The Hall–Kier alpha value is -2.81. The van der Waals surface area contributed by atoms with Crippen LogP contribution in [0.5, 0.6) is 0 Å². The van der Waals surface area contributed by atoms with E-state index in [0.717, 1.165) is 18.0 Å². The summed E-state index contributed by atoms with van der Waals surface area (Å²) in [5.74, 6) is 0. The molecule has 0 aliphatic heterocycles. The van der Waals surface area contributed by atoms with Gasteiger partial charge >= 0.3 is 0 Å². The van der Waals surface area contributed by atoms with E-state index in [4.69, 9.17) is 0 Å². The number of hydrogen-bond acceptors (Lipinski definition) is 7. The van der Waals surface area contributed by atoms with Crippen LogP contribution in [0.25, 0.3) is 0 Å². The Morgan fingerprint density at radius 2 is 1.71 bits per heavy atom. The van der Waals surface area contributed by atoms with Crippen LogP contribution >= 0.6 is 11.8 Å². The van der Waals surface area contributed by atoms with E-state index < -0.39 is 9.85 Å². The first-order valence-electron chi connectivity index (χ1n) is 5.53. The molecule has 0 fully saturated rings. The third-order valence-electron chi connectivity index (χ3n) is 2.48. The summed E-state index contributed by atoms with van der Waals surface area (Å²) in [7, 11) is 0. The monoisotopic (exact) mass is 305 g/mol. The van der Waals surface area contributed by atoms with Crippen molar-refractivity contribution in [1.29, 1.82) is 0 Å². The summed E-state index contributed by atoms with van der Waals surface area (Å²) < 4.78 is 0. The van der Waals surface area contributed by atoms with Crippen molar-refractivity contribution in [2.75, 3.05) is 0 Å². The Labute approximate surface area is 122 Å². The molecule has 0 saturated carbocycles. The van der Waals surface area contributed by atoms with Gasteiger partial charge in [0.2, 0.25) is 0 Å². The van der Waals surface area contributed by atoms with Crippen LogP contribution in [0.4, 0.5) is 11.4 Å². The highest BCUT2D eigenvalue weighted by atomic mass is 32.2. The molecule has 0 bridgehead atoms. The molecule has 106 valence electrons. The van der Waals surface area contributed by atoms with E-state index in [0.29, 0.717) is 16.2 Å². The molecule has 8 nitrogen and oxygen atoms in total. The van der Waals surface area contributed by atoms with Crippen LogP contribution in [0.1, 0.15) is 10.4 Å². The number of nitrogens with zero attached hydrogens (tertiary/aromatic N) is 3. The third-order valence-corrected chi connectivity index (χ3v) is 3.52. The van der Waals surface area contributed by atoms with Crippen molar-refractivity contribution in [3.63, 3.8) is 0 Å². The third kappa shape index (κ3) is 3.39. The number of nitro groups is 2. The molecule has 2 rings (SSSR count). The molecular weight excluding hydrogens is 298 g/mol. The number of nitro benzene ring substituents is 1. The molecule has 21 heavy (non-hydrogen) atoms. The lowest BCUT2D eigenvalue weighted by Crippen LogP contribution is -1.93. The van der Waals surface area contributed by atoms with Gasteiger partial charge < -0.3 is 0 Å². The van der Waals surface area contributed by atoms with E-state index >= 15 is 0 Å². The Bertz CT molecular complexity index is 717. The van der Waals surface area contributed by atoms with Crippen molar-refractivity contribution in [1.82, 2.24) is 4.98 Å². The van der Waals surface area contributed by atoms with Crippen molar-refractivity contribution in [3.05, 3.63) is 62.3 Å². The van der Waals surface area contributed by atoms with Crippen molar-refractivity contribution in [3.8, 4) is 0 Å². The molecule has 0 atom stereocenters. The summed E-state index contributed by atoms with van der Waals surface area (Å²) in [5.41, 5.74) is -0.161. The number of non-ortho nitro benzene ring substituents is 1. The highest BCUT2D eigenvalue weighted by molar-refractivity contribution is 7.99. The summed E-state index contributed by atoms with van der Waals surface area (Å²) >= 11 is 1.09. The average Bonchev–Trinajstić information content (AvgIpc) is 2.48. The molecule has 0 amide bonds.